The number of carbonyl (C=O) groups is 1. The molecule has 3 heteroatoms. The second kappa shape index (κ2) is 5.64. The molecule has 0 bridgehead atoms. The van der Waals surface area contributed by atoms with Crippen LogP contribution in [0.3, 0.4) is 0 Å². The van der Waals surface area contributed by atoms with Gasteiger partial charge in [-0.2, -0.15) is 5.26 Å². The molecule has 0 spiro atoms. The number of nitrogens with zero attached hydrogens (tertiary/aromatic N) is 2. The predicted octanol–water partition coefficient (Wildman–Crippen LogP) is 2.18. The van der Waals surface area contributed by atoms with E-state index >= 15 is 0 Å². The van der Waals surface area contributed by atoms with Gasteiger partial charge in [-0.05, 0) is 26.7 Å². The first-order chi connectivity index (χ1) is 6.49. The lowest BCUT2D eigenvalue weighted by molar-refractivity contribution is -0.137. The van der Waals surface area contributed by atoms with Gasteiger partial charge in [0.25, 0.3) is 0 Å². The van der Waals surface area contributed by atoms with Crippen molar-refractivity contribution in [1.29, 1.82) is 5.26 Å². The van der Waals surface area contributed by atoms with Crippen molar-refractivity contribution in [1.82, 2.24) is 4.90 Å². The van der Waals surface area contributed by atoms with Gasteiger partial charge in [0.05, 0.1) is 6.07 Å². The number of nitriles is 1. The lowest BCUT2D eigenvalue weighted by Gasteiger charge is -2.27. The van der Waals surface area contributed by atoms with Gasteiger partial charge in [0, 0.05) is 13.1 Å². The Morgan fingerprint density at radius 2 is 1.71 bits per heavy atom. The van der Waals surface area contributed by atoms with Gasteiger partial charge in [0.2, 0.25) is 5.91 Å². The van der Waals surface area contributed by atoms with Crippen LogP contribution in [0, 0.1) is 16.7 Å². The number of amides is 1. The average molecular weight is 196 g/mol. The van der Waals surface area contributed by atoms with Crippen molar-refractivity contribution >= 4 is 5.91 Å². The molecule has 1 amide bonds. The molecule has 0 rings (SSSR count). The molecule has 0 unspecified atom stereocenters. The zero-order valence-electron chi connectivity index (χ0n) is 9.63. The molecule has 14 heavy (non-hydrogen) atoms. The van der Waals surface area contributed by atoms with E-state index in [0.29, 0.717) is 0 Å². The highest BCUT2D eigenvalue weighted by molar-refractivity contribution is 5.84. The second-order valence-corrected chi connectivity index (χ2v) is 4.03. The maximum absolute atomic E-state index is 11.9. The lowest BCUT2D eigenvalue weighted by atomic mass is 9.93. The Morgan fingerprint density at radius 3 is 2.00 bits per heavy atom. The van der Waals surface area contributed by atoms with E-state index in [1.165, 1.54) is 0 Å². The molecule has 0 N–H and O–H groups in total. The Kier molecular flexibility index (Phi) is 5.22. The fourth-order valence-corrected chi connectivity index (χ4v) is 1.30. The van der Waals surface area contributed by atoms with Crippen molar-refractivity contribution < 1.29 is 4.79 Å². The van der Waals surface area contributed by atoms with Crippen molar-refractivity contribution in [2.75, 3.05) is 13.1 Å². The van der Waals surface area contributed by atoms with Crippen LogP contribution >= 0.6 is 0 Å². The van der Waals surface area contributed by atoms with Crippen LogP contribution < -0.4 is 0 Å². The molecule has 0 atom stereocenters. The van der Waals surface area contributed by atoms with Crippen LogP contribution in [0.15, 0.2) is 0 Å². The van der Waals surface area contributed by atoms with Gasteiger partial charge in [0.1, 0.15) is 5.41 Å². The molecule has 0 aromatic rings. The van der Waals surface area contributed by atoms with Crippen molar-refractivity contribution in [3.63, 3.8) is 0 Å². The quantitative estimate of drug-likeness (QED) is 0.676. The van der Waals surface area contributed by atoms with E-state index in [1.807, 2.05) is 19.9 Å². The molecule has 80 valence electrons. The number of hydrogen-bond donors (Lipinski definition) is 0. The molecule has 0 radical (unpaired) electrons. The molecular formula is C11H20N2O. The van der Waals surface area contributed by atoms with Crippen LogP contribution in [0.5, 0.6) is 0 Å². The predicted molar refractivity (Wildman–Crippen MR) is 56.6 cm³/mol. The minimum absolute atomic E-state index is 0.0521. The summed E-state index contributed by atoms with van der Waals surface area (Å²) in [7, 11) is 0. The molecule has 0 saturated carbocycles. The minimum Gasteiger partial charge on any atom is -0.341 e. The summed E-state index contributed by atoms with van der Waals surface area (Å²) in [5.74, 6) is -0.0521. The standard InChI is InChI=1S/C11H20N2O/c1-5-7-13(8-6-2)10(14)11(3,4)9-12/h5-8H2,1-4H3. The van der Waals surface area contributed by atoms with Crippen LogP contribution in [0.25, 0.3) is 0 Å². The molecule has 0 saturated heterocycles. The molecule has 0 aromatic heterocycles. The minimum atomic E-state index is -0.885. The Morgan fingerprint density at radius 1 is 1.29 bits per heavy atom. The lowest BCUT2D eigenvalue weighted by Crippen LogP contribution is -2.41. The summed E-state index contributed by atoms with van der Waals surface area (Å²) in [5, 5.41) is 8.85. The Balaban J connectivity index is 4.52. The molecule has 0 heterocycles. The van der Waals surface area contributed by atoms with Gasteiger partial charge in [-0.3, -0.25) is 4.79 Å². The number of rotatable bonds is 5. The highest BCUT2D eigenvalue weighted by atomic mass is 16.2. The highest BCUT2D eigenvalue weighted by Gasteiger charge is 2.31. The zero-order valence-corrected chi connectivity index (χ0v) is 9.63. The second-order valence-electron chi connectivity index (χ2n) is 4.03. The molecule has 0 aromatic carbocycles. The first-order valence-electron chi connectivity index (χ1n) is 5.20. The molecule has 0 aliphatic rings. The maximum atomic E-state index is 11.9. The zero-order chi connectivity index (χ0) is 11.2. The van der Waals surface area contributed by atoms with Gasteiger partial charge in [0.15, 0.2) is 0 Å². The summed E-state index contributed by atoms with van der Waals surface area (Å²) in [6.07, 6.45) is 1.88. The van der Waals surface area contributed by atoms with Crippen molar-refractivity contribution in [2.45, 2.75) is 40.5 Å². The van der Waals surface area contributed by atoms with E-state index in [0.717, 1.165) is 25.9 Å². The van der Waals surface area contributed by atoms with Gasteiger partial charge in [-0.1, -0.05) is 13.8 Å². The molecule has 0 aliphatic carbocycles. The smallest absolute Gasteiger partial charge is 0.242 e. The molecule has 0 aliphatic heterocycles. The van der Waals surface area contributed by atoms with Crippen molar-refractivity contribution in [3.05, 3.63) is 0 Å². The van der Waals surface area contributed by atoms with Crippen LogP contribution in [0.4, 0.5) is 0 Å². The van der Waals surface area contributed by atoms with Crippen LogP contribution in [-0.2, 0) is 4.79 Å². The van der Waals surface area contributed by atoms with Crippen molar-refractivity contribution in [2.24, 2.45) is 5.41 Å². The van der Waals surface area contributed by atoms with Crippen LogP contribution in [0.2, 0.25) is 0 Å². The van der Waals surface area contributed by atoms with E-state index in [-0.39, 0.29) is 5.91 Å². The summed E-state index contributed by atoms with van der Waals surface area (Å²) in [6, 6.07) is 2.05. The summed E-state index contributed by atoms with van der Waals surface area (Å²) >= 11 is 0. The molecular weight excluding hydrogens is 176 g/mol. The van der Waals surface area contributed by atoms with Crippen LogP contribution in [0.1, 0.15) is 40.5 Å². The summed E-state index contributed by atoms with van der Waals surface area (Å²) in [4.78, 5) is 13.7. The van der Waals surface area contributed by atoms with E-state index < -0.39 is 5.41 Å². The third kappa shape index (κ3) is 3.37. The topological polar surface area (TPSA) is 44.1 Å². The summed E-state index contributed by atoms with van der Waals surface area (Å²) in [5.41, 5.74) is -0.885. The third-order valence-corrected chi connectivity index (χ3v) is 2.09. The Bertz CT molecular complexity index is 222. The van der Waals surface area contributed by atoms with E-state index in [1.54, 1.807) is 18.7 Å². The fourth-order valence-electron chi connectivity index (χ4n) is 1.30. The summed E-state index contributed by atoms with van der Waals surface area (Å²) < 4.78 is 0. The van der Waals surface area contributed by atoms with Gasteiger partial charge >= 0.3 is 0 Å². The third-order valence-electron chi connectivity index (χ3n) is 2.09. The Hall–Kier alpha value is -1.04. The Labute approximate surface area is 86.7 Å². The van der Waals surface area contributed by atoms with Gasteiger partial charge < -0.3 is 4.90 Å². The van der Waals surface area contributed by atoms with Gasteiger partial charge in [-0.25, -0.2) is 0 Å². The fraction of sp³-hybridized carbons (Fsp3) is 0.818. The normalized spacial score (nSPS) is 10.8. The van der Waals surface area contributed by atoms with E-state index in [9.17, 15) is 4.79 Å². The summed E-state index contributed by atoms with van der Waals surface area (Å²) in [6.45, 7) is 8.92. The number of hydrogen-bond acceptors (Lipinski definition) is 2. The molecule has 3 nitrogen and oxygen atoms in total. The first-order valence-corrected chi connectivity index (χ1v) is 5.20. The van der Waals surface area contributed by atoms with Crippen molar-refractivity contribution in [3.8, 4) is 6.07 Å². The monoisotopic (exact) mass is 196 g/mol. The van der Waals surface area contributed by atoms with E-state index in [2.05, 4.69) is 0 Å². The van der Waals surface area contributed by atoms with Crippen LogP contribution in [-0.4, -0.2) is 23.9 Å². The average Bonchev–Trinajstić information content (AvgIpc) is 2.16. The SMILES string of the molecule is CCCN(CCC)C(=O)C(C)(C)C#N. The number of carbonyl (C=O) groups excluding carboxylic acids is 1. The first kappa shape index (κ1) is 13.0. The highest BCUT2D eigenvalue weighted by Crippen LogP contribution is 2.17. The van der Waals surface area contributed by atoms with E-state index in [4.69, 9.17) is 5.26 Å². The maximum Gasteiger partial charge on any atom is 0.242 e. The largest absolute Gasteiger partial charge is 0.341 e. The van der Waals surface area contributed by atoms with Gasteiger partial charge in [-0.15, -0.1) is 0 Å². The molecule has 0 fully saturated rings.